The Labute approximate surface area is 50.3 Å². The van der Waals surface area contributed by atoms with Crippen molar-refractivity contribution < 1.29 is 9.05 Å². The maximum atomic E-state index is 5.13. The van der Waals surface area contributed by atoms with Crippen molar-refractivity contribution in [1.29, 1.82) is 0 Å². The van der Waals surface area contributed by atoms with Crippen molar-refractivity contribution >= 4 is 8.53 Å². The van der Waals surface area contributed by atoms with Gasteiger partial charge >= 0.3 is 0 Å². The quantitative estimate of drug-likeness (QED) is 0.570. The summed E-state index contributed by atoms with van der Waals surface area (Å²) in [6.07, 6.45) is 0. The number of hydrogen-bond acceptors (Lipinski definition) is 3. The molecule has 1 unspecified atom stereocenters. The van der Waals surface area contributed by atoms with E-state index in [0.717, 1.165) is 19.8 Å². The van der Waals surface area contributed by atoms with E-state index in [0.29, 0.717) is 0 Å². The number of rotatable bonds is 2. The molecule has 1 atom stereocenters. The van der Waals surface area contributed by atoms with Gasteiger partial charge in [-0.2, -0.15) is 0 Å². The maximum absolute atomic E-state index is 5.13. The summed E-state index contributed by atoms with van der Waals surface area (Å²) >= 11 is 0. The topological polar surface area (TPSA) is 30.5 Å². The normalized spacial score (nSPS) is 28.9. The molecule has 0 saturated carbocycles. The highest BCUT2D eigenvalue weighted by Crippen LogP contribution is 2.35. The first-order valence-corrected chi connectivity index (χ1v) is 3.90. The summed E-state index contributed by atoms with van der Waals surface area (Å²) in [5.74, 6) is 0. The third-order valence-electron chi connectivity index (χ3n) is 0.798. The van der Waals surface area contributed by atoms with Gasteiger partial charge in [0.15, 0.2) is 0 Å². The Hall–Kier alpha value is 0.310. The van der Waals surface area contributed by atoms with Crippen LogP contribution in [0.3, 0.4) is 0 Å². The molecule has 0 amide bonds. The van der Waals surface area contributed by atoms with Crippen LogP contribution in [0.4, 0.5) is 0 Å². The van der Waals surface area contributed by atoms with Crippen LogP contribution in [0.25, 0.3) is 0 Å². The van der Waals surface area contributed by atoms with Crippen LogP contribution in [-0.4, -0.2) is 19.8 Å². The monoisotopic (exact) mass is 135 g/mol. The van der Waals surface area contributed by atoms with Gasteiger partial charge < -0.3 is 9.05 Å². The predicted molar refractivity (Wildman–Crippen MR) is 32.5 cm³/mol. The minimum atomic E-state index is -0.695. The summed E-state index contributed by atoms with van der Waals surface area (Å²) in [7, 11) is -0.695. The molecule has 8 heavy (non-hydrogen) atoms. The van der Waals surface area contributed by atoms with E-state index >= 15 is 0 Å². The molecule has 1 N–H and O–H groups in total. The van der Waals surface area contributed by atoms with Gasteiger partial charge in [0.25, 0.3) is 8.53 Å². The van der Waals surface area contributed by atoms with E-state index in [1.165, 1.54) is 0 Å². The standard InChI is InChI=1S/C4H10NO2P/c1-2-6-8-5-3-4-7-8/h5H,2-4H2,1H3. The highest BCUT2D eigenvalue weighted by molar-refractivity contribution is 7.45. The molecule has 1 aliphatic rings. The van der Waals surface area contributed by atoms with Gasteiger partial charge in [0, 0.05) is 6.54 Å². The Kier molecular flexibility index (Phi) is 2.70. The van der Waals surface area contributed by atoms with Gasteiger partial charge in [-0.1, -0.05) is 0 Å². The average molecular weight is 135 g/mol. The molecule has 0 aromatic rings. The van der Waals surface area contributed by atoms with Crippen LogP contribution in [0.2, 0.25) is 0 Å². The first-order valence-electron chi connectivity index (χ1n) is 2.73. The molecule has 3 nitrogen and oxygen atoms in total. The van der Waals surface area contributed by atoms with Gasteiger partial charge in [0.05, 0.1) is 13.2 Å². The fourth-order valence-electron chi connectivity index (χ4n) is 0.511. The lowest BCUT2D eigenvalue weighted by molar-refractivity contribution is 0.288. The van der Waals surface area contributed by atoms with E-state index in [1.807, 2.05) is 6.92 Å². The van der Waals surface area contributed by atoms with E-state index in [1.54, 1.807) is 0 Å². The second kappa shape index (κ2) is 3.36. The Bertz CT molecular complexity index is 65.1. The third-order valence-corrected chi connectivity index (χ3v) is 2.19. The van der Waals surface area contributed by atoms with Crippen molar-refractivity contribution in [3.8, 4) is 0 Å². The van der Waals surface area contributed by atoms with Crippen LogP contribution in [0, 0.1) is 0 Å². The largest absolute Gasteiger partial charge is 0.322 e. The van der Waals surface area contributed by atoms with Crippen molar-refractivity contribution in [1.82, 2.24) is 5.09 Å². The van der Waals surface area contributed by atoms with Crippen LogP contribution in [-0.2, 0) is 9.05 Å². The molecule has 0 aromatic carbocycles. The molecule has 4 heteroatoms. The summed E-state index contributed by atoms with van der Waals surface area (Å²) in [5.41, 5.74) is 0. The third kappa shape index (κ3) is 1.67. The SMILES string of the molecule is CCOP1NCCO1. The van der Waals surface area contributed by atoms with Crippen molar-refractivity contribution in [3.63, 3.8) is 0 Å². The van der Waals surface area contributed by atoms with Crippen molar-refractivity contribution in [3.05, 3.63) is 0 Å². The minimum absolute atomic E-state index is 0.695. The molecule has 1 heterocycles. The van der Waals surface area contributed by atoms with Crippen LogP contribution in [0.5, 0.6) is 0 Å². The molecule has 1 fully saturated rings. The molecule has 0 spiro atoms. The van der Waals surface area contributed by atoms with Gasteiger partial charge in [0.1, 0.15) is 0 Å². The van der Waals surface area contributed by atoms with Crippen LogP contribution in [0.1, 0.15) is 6.92 Å². The summed E-state index contributed by atoms with van der Waals surface area (Å²) in [6.45, 7) is 4.43. The van der Waals surface area contributed by atoms with Gasteiger partial charge in [0.2, 0.25) is 0 Å². The summed E-state index contributed by atoms with van der Waals surface area (Å²) in [5, 5.41) is 3.08. The predicted octanol–water partition coefficient (Wildman–Crippen LogP) is 0.870. The van der Waals surface area contributed by atoms with Gasteiger partial charge in [-0.05, 0) is 6.92 Å². The lowest BCUT2D eigenvalue weighted by Crippen LogP contribution is -2.01. The van der Waals surface area contributed by atoms with E-state index < -0.39 is 8.53 Å². The van der Waals surface area contributed by atoms with E-state index in [2.05, 4.69) is 5.09 Å². The Morgan fingerprint density at radius 2 is 2.75 bits per heavy atom. The zero-order valence-corrected chi connectivity index (χ0v) is 5.78. The van der Waals surface area contributed by atoms with E-state index in [-0.39, 0.29) is 0 Å². The second-order valence-electron chi connectivity index (χ2n) is 1.42. The van der Waals surface area contributed by atoms with E-state index in [4.69, 9.17) is 9.05 Å². The first kappa shape index (κ1) is 6.43. The Morgan fingerprint density at radius 1 is 1.88 bits per heavy atom. The van der Waals surface area contributed by atoms with Crippen LogP contribution in [0.15, 0.2) is 0 Å². The highest BCUT2D eigenvalue weighted by atomic mass is 31.2. The first-order chi connectivity index (χ1) is 3.93. The fourth-order valence-corrected chi connectivity index (χ4v) is 1.53. The lowest BCUT2D eigenvalue weighted by atomic mass is 10.8. The summed E-state index contributed by atoms with van der Waals surface area (Å²) in [4.78, 5) is 0. The molecule has 1 saturated heterocycles. The van der Waals surface area contributed by atoms with Gasteiger partial charge in [-0.25, -0.2) is 5.09 Å². The molecular weight excluding hydrogens is 125 g/mol. The fraction of sp³-hybridized carbons (Fsp3) is 1.00. The molecule has 0 bridgehead atoms. The van der Waals surface area contributed by atoms with Crippen LogP contribution < -0.4 is 5.09 Å². The second-order valence-corrected chi connectivity index (χ2v) is 2.76. The number of nitrogens with one attached hydrogen (secondary N) is 1. The molecule has 0 aromatic heterocycles. The molecule has 0 aliphatic carbocycles. The zero-order valence-electron chi connectivity index (χ0n) is 4.89. The molecule has 1 rings (SSSR count). The molecular formula is C4H10NO2P. The number of hydrogen-bond donors (Lipinski definition) is 1. The average Bonchev–Trinajstić information content (AvgIpc) is 2.19. The zero-order chi connectivity index (χ0) is 5.82. The van der Waals surface area contributed by atoms with Crippen molar-refractivity contribution in [2.75, 3.05) is 19.8 Å². The van der Waals surface area contributed by atoms with Crippen molar-refractivity contribution in [2.24, 2.45) is 0 Å². The Balaban J connectivity index is 2.06. The maximum Gasteiger partial charge on any atom is 0.255 e. The summed E-state index contributed by atoms with van der Waals surface area (Å²) < 4.78 is 10.3. The molecule has 48 valence electrons. The van der Waals surface area contributed by atoms with E-state index in [9.17, 15) is 0 Å². The van der Waals surface area contributed by atoms with Crippen molar-refractivity contribution in [2.45, 2.75) is 6.92 Å². The minimum Gasteiger partial charge on any atom is -0.322 e. The molecule has 0 radical (unpaired) electrons. The van der Waals surface area contributed by atoms with Crippen LogP contribution >= 0.6 is 8.53 Å². The lowest BCUT2D eigenvalue weighted by Gasteiger charge is -2.05. The summed E-state index contributed by atoms with van der Waals surface area (Å²) in [6, 6.07) is 0. The van der Waals surface area contributed by atoms with Gasteiger partial charge in [-0.3, -0.25) is 0 Å². The van der Waals surface area contributed by atoms with Gasteiger partial charge in [-0.15, -0.1) is 0 Å². The highest BCUT2D eigenvalue weighted by Gasteiger charge is 2.14. The smallest absolute Gasteiger partial charge is 0.255 e. The molecule has 1 aliphatic heterocycles. The Morgan fingerprint density at radius 3 is 3.25 bits per heavy atom.